The van der Waals surface area contributed by atoms with E-state index in [4.69, 9.17) is 20.3 Å². The van der Waals surface area contributed by atoms with E-state index < -0.39 is 0 Å². The molecule has 0 spiro atoms. The second-order valence-electron chi connectivity index (χ2n) is 17.3. The Hall–Kier alpha value is -3.69. The second kappa shape index (κ2) is 18.1. The molecule has 57 heavy (non-hydrogen) atoms. The molecule has 1 amide bonds. The molecular formula is C44H61AcN8O4-. The summed E-state index contributed by atoms with van der Waals surface area (Å²) in [6, 6.07) is 11.4. The van der Waals surface area contributed by atoms with Crippen molar-refractivity contribution in [3.8, 4) is 23.2 Å². The molecule has 5 aromatic rings. The number of ketones is 1. The topological polar surface area (TPSA) is 152 Å². The van der Waals surface area contributed by atoms with Crippen LogP contribution in [0.2, 0.25) is 0 Å². The van der Waals surface area contributed by atoms with Crippen LogP contribution in [0.1, 0.15) is 146 Å². The molecule has 0 bridgehead atoms. The molecule has 0 fully saturated rings. The molecule has 0 aliphatic heterocycles. The van der Waals surface area contributed by atoms with E-state index in [0.29, 0.717) is 48.0 Å². The van der Waals surface area contributed by atoms with Gasteiger partial charge in [-0.15, -0.1) is 10.2 Å². The van der Waals surface area contributed by atoms with E-state index in [9.17, 15) is 9.59 Å². The fraction of sp³-hybridized carbons (Fsp3) is 0.523. The molecule has 5 rings (SSSR count). The first kappa shape index (κ1) is 46.0. The molecule has 12 nitrogen and oxygen atoms in total. The number of fused-ring (bicyclic) bond motifs is 1. The summed E-state index contributed by atoms with van der Waals surface area (Å²) in [5, 5.41) is 20.3. The van der Waals surface area contributed by atoms with E-state index >= 15 is 0 Å². The molecule has 1 unspecified atom stereocenters. The van der Waals surface area contributed by atoms with Crippen LogP contribution in [-0.2, 0) is 27.5 Å². The van der Waals surface area contributed by atoms with Gasteiger partial charge >= 0.3 is 0 Å². The third-order valence-corrected chi connectivity index (χ3v) is 11.4. The first-order valence-electron chi connectivity index (χ1n) is 19.9. The summed E-state index contributed by atoms with van der Waals surface area (Å²) < 4.78 is 16.4. The number of benzene rings is 2. The van der Waals surface area contributed by atoms with Gasteiger partial charge in [0.05, 0.1) is 17.9 Å². The molecular weight excluding hydrogens is 932 g/mol. The Labute approximate surface area is 374 Å². The van der Waals surface area contributed by atoms with E-state index in [1.54, 1.807) is 21.3 Å². The van der Waals surface area contributed by atoms with Gasteiger partial charge in [0, 0.05) is 72.7 Å². The smallest absolute Gasteiger partial charge is 0.271 e. The molecule has 2 aromatic carbocycles. The summed E-state index contributed by atoms with van der Waals surface area (Å²) in [6.07, 6.45) is 3.41. The van der Waals surface area contributed by atoms with E-state index in [2.05, 4.69) is 108 Å². The summed E-state index contributed by atoms with van der Waals surface area (Å²) in [4.78, 5) is 25.1. The van der Waals surface area contributed by atoms with E-state index in [1.807, 2.05) is 13.8 Å². The van der Waals surface area contributed by atoms with E-state index in [1.165, 1.54) is 24.1 Å². The number of H-pyrrole nitrogens is 1. The minimum Gasteiger partial charge on any atom is -0.696 e. The number of aromatic nitrogens is 6. The predicted molar refractivity (Wildman–Crippen MR) is 222 cm³/mol. The zero-order chi connectivity index (χ0) is 41.3. The Morgan fingerprint density at radius 3 is 2.19 bits per heavy atom. The van der Waals surface area contributed by atoms with Crippen LogP contribution in [0, 0.1) is 57.9 Å². The van der Waals surface area contributed by atoms with Gasteiger partial charge in [-0.25, -0.2) is 4.68 Å². The monoisotopic (exact) mass is 993 g/mol. The average molecular weight is 993 g/mol. The van der Waals surface area contributed by atoms with Gasteiger partial charge in [0.1, 0.15) is 17.6 Å². The van der Waals surface area contributed by atoms with Crippen molar-refractivity contribution in [1.82, 2.24) is 34.9 Å². The molecule has 3 heterocycles. The molecule has 0 saturated carbocycles. The predicted octanol–water partition coefficient (Wildman–Crippen LogP) is 10.1. The van der Waals surface area contributed by atoms with Gasteiger partial charge in [-0.1, -0.05) is 93.1 Å². The Bertz CT molecular complexity index is 2220. The Morgan fingerprint density at radius 2 is 1.60 bits per heavy atom. The number of amides is 1. The SMILES string of the molecule is CCC(CNC(=O)CCc1c(C)nn(-c2nnc3c(Oc4ccc(C(C)=O)cc4[NH-])c(C(C)(C)C)[nH]n23)c1C)Oc1ccc(C(C)(C)CC)cc1C(C)(C)CC.[Ac]. The standard InChI is InChI=1S/C44H61N8O4.Ac/c1-14-31(55-35-21-18-30(43(10,11)15-2)24-33(35)44(12,13)16-3)25-46-37(54)22-19-32-26(4)49-51(27(32)5)41-48-47-40-38(39(42(7,8)9)50-52(40)41)56-36-20-17-29(28(6)53)23-34(36)45;/h17-18,20-21,23-24,31,45H,14-16,19,22,25H2,1-13H3,(H,46,54)(H,47,50);/q-1;. The first-order valence-corrected chi connectivity index (χ1v) is 19.9. The number of carbonyl (C=O) groups is 2. The number of rotatable bonds is 16. The molecule has 0 saturated heterocycles. The van der Waals surface area contributed by atoms with Crippen LogP contribution in [-0.4, -0.2) is 53.9 Å². The van der Waals surface area contributed by atoms with Gasteiger partial charge < -0.3 is 20.5 Å². The maximum Gasteiger partial charge on any atom is 0.271 e. The number of hydrogen-bond acceptors (Lipinski definition) is 7. The van der Waals surface area contributed by atoms with Crippen LogP contribution in [0.5, 0.6) is 17.2 Å². The average Bonchev–Trinajstić information content (AvgIpc) is 3.81. The number of carbonyl (C=O) groups excluding carboxylic acids is 2. The van der Waals surface area contributed by atoms with Gasteiger partial charge in [-0.3, -0.25) is 14.7 Å². The zero-order valence-electron chi connectivity index (χ0n) is 36.2. The van der Waals surface area contributed by atoms with Gasteiger partial charge in [-0.2, -0.15) is 9.61 Å². The van der Waals surface area contributed by atoms with Crippen molar-refractivity contribution in [3.63, 3.8) is 0 Å². The second-order valence-corrected chi connectivity index (χ2v) is 17.3. The maximum absolute atomic E-state index is 13.3. The Balaban J connectivity index is 0.00000720. The Morgan fingerprint density at radius 1 is 0.930 bits per heavy atom. The van der Waals surface area contributed by atoms with Crippen molar-refractivity contribution in [3.05, 3.63) is 81.5 Å². The van der Waals surface area contributed by atoms with Gasteiger partial charge in [0.2, 0.25) is 11.6 Å². The van der Waals surface area contributed by atoms with Crippen molar-refractivity contribution >= 4 is 23.0 Å². The third-order valence-electron chi connectivity index (χ3n) is 11.4. The van der Waals surface area contributed by atoms with Crippen molar-refractivity contribution in [2.45, 2.75) is 144 Å². The first-order chi connectivity index (χ1) is 26.2. The van der Waals surface area contributed by atoms with Crippen LogP contribution in [0.4, 0.5) is 5.69 Å². The molecule has 1 radical (unpaired) electrons. The quantitative estimate of drug-likeness (QED) is 0.0934. The minimum absolute atomic E-state index is 0. The number of hydrogen-bond donors (Lipinski definition) is 2. The normalized spacial score (nSPS) is 12.7. The number of Topliss-reactive ketones (excluding diaryl/α,β-unsaturated/α-hetero) is 1. The van der Waals surface area contributed by atoms with Crippen LogP contribution in [0.15, 0.2) is 36.4 Å². The molecule has 0 aliphatic carbocycles. The minimum atomic E-state index is -0.380. The Kier molecular flexibility index (Phi) is 14.6. The number of nitrogens with one attached hydrogen (secondary N) is 3. The largest absolute Gasteiger partial charge is 0.696 e. The zero-order valence-corrected chi connectivity index (χ0v) is 41.0. The number of aryl methyl sites for hydroxylation is 1. The third kappa shape index (κ3) is 9.96. The summed E-state index contributed by atoms with van der Waals surface area (Å²) in [6.45, 7) is 27.5. The number of aromatic amines is 1. The summed E-state index contributed by atoms with van der Waals surface area (Å²) in [5.74, 6) is 1.89. The van der Waals surface area contributed by atoms with Gasteiger partial charge in [0.25, 0.3) is 5.95 Å². The molecule has 13 heteroatoms. The van der Waals surface area contributed by atoms with Crippen molar-refractivity contribution in [2.75, 3.05) is 6.54 Å². The van der Waals surface area contributed by atoms with Crippen molar-refractivity contribution in [1.29, 1.82) is 0 Å². The summed E-state index contributed by atoms with van der Waals surface area (Å²) in [7, 11) is 0. The van der Waals surface area contributed by atoms with E-state index in [0.717, 1.165) is 47.7 Å². The van der Waals surface area contributed by atoms with Crippen LogP contribution in [0.3, 0.4) is 0 Å². The van der Waals surface area contributed by atoms with Crippen LogP contribution >= 0.6 is 0 Å². The van der Waals surface area contributed by atoms with Gasteiger partial charge in [-0.05, 0) is 86.6 Å². The maximum atomic E-state index is 13.3. The van der Waals surface area contributed by atoms with Crippen LogP contribution < -0.4 is 14.8 Å². The number of ether oxygens (including phenoxy) is 2. The molecule has 1 atom stereocenters. The number of nitrogens with zero attached hydrogens (tertiary/aromatic N) is 5. The van der Waals surface area contributed by atoms with Crippen LogP contribution in [0.25, 0.3) is 17.3 Å². The molecule has 0 aliphatic rings. The van der Waals surface area contributed by atoms with Crippen molar-refractivity contribution in [2.24, 2.45) is 0 Å². The van der Waals surface area contributed by atoms with Crippen molar-refractivity contribution < 1.29 is 63.1 Å². The van der Waals surface area contributed by atoms with E-state index in [-0.39, 0.29) is 83.8 Å². The fourth-order valence-electron chi connectivity index (χ4n) is 6.70. The van der Waals surface area contributed by atoms with Gasteiger partial charge in [0.15, 0.2) is 11.5 Å². The summed E-state index contributed by atoms with van der Waals surface area (Å²) in [5.41, 5.74) is 15.0. The summed E-state index contributed by atoms with van der Waals surface area (Å²) >= 11 is 0. The fourth-order valence-corrected chi connectivity index (χ4v) is 6.70. The molecule has 3 aromatic heterocycles. The molecule has 305 valence electrons. The molecule has 3 N–H and O–H groups in total.